The smallest absolute Gasteiger partial charge is 0.430 e. The molecule has 14 heteroatoms. The zero-order valence-electron chi connectivity index (χ0n) is 24.6. The fourth-order valence-electron chi connectivity index (χ4n) is 1.88. The van der Waals surface area contributed by atoms with Gasteiger partial charge in [0.15, 0.2) is 49.9 Å². The van der Waals surface area contributed by atoms with Crippen LogP contribution in [0.3, 0.4) is 0 Å². The Morgan fingerprint density at radius 3 is 0.406 bits per heavy atom. The summed E-state index contributed by atoms with van der Waals surface area (Å²) in [5.74, 6) is 0. The first-order chi connectivity index (χ1) is 13.6. The van der Waals surface area contributed by atoms with E-state index in [4.69, 9.17) is 26.1 Å². The maximum atomic E-state index is 5.95. The van der Waals surface area contributed by atoms with Gasteiger partial charge in [0.1, 0.15) is 0 Å². The average Bonchev–Trinajstić information content (AvgIpc) is 2.24. The molecule has 32 heavy (non-hydrogen) atoms. The Morgan fingerprint density at radius 1 is 0.250 bits per heavy atom. The Kier molecular flexibility index (Phi) is 14.3. The fraction of sp³-hybridized carbons (Fsp3) is 1.00. The van der Waals surface area contributed by atoms with E-state index in [-0.39, 0.29) is 0 Å². The second-order valence-electron chi connectivity index (χ2n) is 14.0. The highest BCUT2D eigenvalue weighted by molar-refractivity contribution is 6.84. The molecule has 0 atom stereocenters. The number of hydrogen-bond donors (Lipinski definition) is 0. The van der Waals surface area contributed by atoms with Gasteiger partial charge in [-0.2, -0.15) is 0 Å². The van der Waals surface area contributed by atoms with Crippen LogP contribution in [0.4, 0.5) is 0 Å². The molecule has 0 bridgehead atoms. The van der Waals surface area contributed by atoms with Crippen LogP contribution < -0.4 is 0 Å². The summed E-state index contributed by atoms with van der Waals surface area (Å²) < 4.78 is 35.7. The van der Waals surface area contributed by atoms with Crippen LogP contribution in [0, 0.1) is 0 Å². The molecule has 6 nitrogen and oxygen atoms in total. The predicted molar refractivity (Wildman–Crippen MR) is 158 cm³/mol. The van der Waals surface area contributed by atoms with Crippen LogP contribution in [0.15, 0.2) is 0 Å². The highest BCUT2D eigenvalue weighted by Gasteiger charge is 2.38. The first-order valence-corrected chi connectivity index (χ1v) is 32.1. The van der Waals surface area contributed by atoms with E-state index in [1.165, 1.54) is 0 Å². The SMILES string of the molecule is C[Si](C)(C)OB(O[Si](C)(C)C)O[Si](C)(C)C.C[Si](C)(C)OB(O[Si](C)(C)C)O[Si](C)(C)C. The van der Waals surface area contributed by atoms with Gasteiger partial charge in [-0.3, -0.25) is 0 Å². The van der Waals surface area contributed by atoms with Gasteiger partial charge in [0, 0.05) is 0 Å². The van der Waals surface area contributed by atoms with Gasteiger partial charge >= 0.3 is 14.6 Å². The second kappa shape index (κ2) is 12.9. The molecule has 0 fully saturated rings. The topological polar surface area (TPSA) is 55.4 Å². The van der Waals surface area contributed by atoms with Gasteiger partial charge in [-0.05, 0) is 118 Å². The summed E-state index contributed by atoms with van der Waals surface area (Å²) in [6, 6.07) is 0. The Balaban J connectivity index is 0. The standard InChI is InChI=1S/2C9H27BO3Si3/c2*1-14(2,3)11-10(12-15(4,5)6)13-16(7,8)9/h2*1-9H3. The second-order valence-corrected chi connectivity index (χ2v) is 40.7. The maximum Gasteiger partial charge on any atom is 0.606 e. The van der Waals surface area contributed by atoms with Crippen molar-refractivity contribution in [1.82, 2.24) is 0 Å². The van der Waals surface area contributed by atoms with Crippen molar-refractivity contribution in [2.24, 2.45) is 0 Å². The first-order valence-electron chi connectivity index (χ1n) is 11.6. The lowest BCUT2D eigenvalue weighted by molar-refractivity contribution is 0.298. The molecule has 0 aliphatic carbocycles. The van der Waals surface area contributed by atoms with E-state index < -0.39 is 64.5 Å². The average molecular weight is 557 g/mol. The quantitative estimate of drug-likeness (QED) is 0.240. The predicted octanol–water partition coefficient (Wildman–Crippen LogP) is 7.05. The van der Waals surface area contributed by atoms with Crippen LogP contribution in [0.1, 0.15) is 0 Å². The molecule has 0 spiro atoms. The Morgan fingerprint density at radius 2 is 0.344 bits per heavy atom. The van der Waals surface area contributed by atoms with Crippen LogP contribution in [-0.2, 0) is 26.1 Å². The van der Waals surface area contributed by atoms with Crippen LogP contribution in [-0.4, -0.2) is 64.5 Å². The number of rotatable bonds is 12. The molecule has 0 aliphatic rings. The summed E-state index contributed by atoms with van der Waals surface area (Å²) >= 11 is 0. The van der Waals surface area contributed by atoms with Gasteiger partial charge < -0.3 is 26.1 Å². The molecule has 0 N–H and O–H groups in total. The summed E-state index contributed by atoms with van der Waals surface area (Å²) in [4.78, 5) is 0. The summed E-state index contributed by atoms with van der Waals surface area (Å²) in [6.45, 7) is 38.8. The lowest BCUT2D eigenvalue weighted by Gasteiger charge is -2.31. The Bertz CT molecular complexity index is 407. The maximum absolute atomic E-state index is 5.95. The van der Waals surface area contributed by atoms with Crippen molar-refractivity contribution in [2.45, 2.75) is 118 Å². The zero-order valence-corrected chi connectivity index (χ0v) is 30.6. The van der Waals surface area contributed by atoms with Gasteiger partial charge in [0.05, 0.1) is 0 Å². The van der Waals surface area contributed by atoms with E-state index in [0.717, 1.165) is 0 Å². The summed E-state index contributed by atoms with van der Waals surface area (Å²) in [5, 5.41) is 0. The molecule has 0 aromatic heterocycles. The zero-order chi connectivity index (χ0) is 26.4. The van der Waals surface area contributed by atoms with Crippen LogP contribution >= 0.6 is 0 Å². The van der Waals surface area contributed by atoms with E-state index in [1.54, 1.807) is 0 Å². The molecule has 0 aromatic carbocycles. The minimum atomic E-state index is -1.63. The summed E-state index contributed by atoms with van der Waals surface area (Å²) in [5.41, 5.74) is 0. The van der Waals surface area contributed by atoms with E-state index >= 15 is 0 Å². The number of hydrogen-bond acceptors (Lipinski definition) is 6. The minimum absolute atomic E-state index is 0.454. The highest BCUT2D eigenvalue weighted by atomic mass is 28.4. The summed E-state index contributed by atoms with van der Waals surface area (Å²) in [6.07, 6.45) is 0. The third kappa shape index (κ3) is 29.2. The van der Waals surface area contributed by atoms with Crippen molar-refractivity contribution in [2.75, 3.05) is 0 Å². The Labute approximate surface area is 208 Å². The van der Waals surface area contributed by atoms with E-state index in [1.807, 2.05) is 0 Å². The fourth-order valence-corrected chi connectivity index (χ4v) is 6.50. The van der Waals surface area contributed by atoms with Crippen LogP contribution in [0.25, 0.3) is 0 Å². The van der Waals surface area contributed by atoms with Gasteiger partial charge in [-0.1, -0.05) is 0 Å². The van der Waals surface area contributed by atoms with Gasteiger partial charge in [-0.15, -0.1) is 0 Å². The van der Waals surface area contributed by atoms with Crippen molar-refractivity contribution in [3.63, 3.8) is 0 Å². The van der Waals surface area contributed by atoms with Crippen molar-refractivity contribution in [1.29, 1.82) is 0 Å². The van der Waals surface area contributed by atoms with Crippen molar-refractivity contribution < 1.29 is 26.1 Å². The van der Waals surface area contributed by atoms with E-state index in [2.05, 4.69) is 118 Å². The molecule has 0 aromatic rings. The molecule has 0 unspecified atom stereocenters. The molecule has 0 rings (SSSR count). The first kappa shape index (κ1) is 35.4. The molecular weight excluding hydrogens is 502 g/mol. The molecule has 0 radical (unpaired) electrons. The largest absolute Gasteiger partial charge is 0.606 e. The molecule has 0 saturated carbocycles. The van der Waals surface area contributed by atoms with Crippen LogP contribution in [0.2, 0.25) is 118 Å². The molecule has 192 valence electrons. The monoisotopic (exact) mass is 556 g/mol. The van der Waals surface area contributed by atoms with Crippen molar-refractivity contribution in [3.05, 3.63) is 0 Å². The lowest BCUT2D eigenvalue weighted by Crippen LogP contribution is -2.49. The summed E-state index contributed by atoms with van der Waals surface area (Å²) in [7, 11) is -10.7. The third-order valence-electron chi connectivity index (χ3n) is 2.70. The van der Waals surface area contributed by atoms with Crippen molar-refractivity contribution in [3.8, 4) is 0 Å². The molecule has 0 saturated heterocycles. The third-order valence-corrected chi connectivity index (χ3v) is 8.10. The van der Waals surface area contributed by atoms with E-state index in [9.17, 15) is 0 Å². The minimum Gasteiger partial charge on any atom is -0.430 e. The molecule has 0 aliphatic heterocycles. The Hall–Kier alpha value is 1.19. The van der Waals surface area contributed by atoms with Crippen molar-refractivity contribution >= 4 is 64.5 Å². The van der Waals surface area contributed by atoms with Gasteiger partial charge in [-0.25, -0.2) is 0 Å². The van der Waals surface area contributed by atoms with Crippen LogP contribution in [0.5, 0.6) is 0 Å². The highest BCUT2D eigenvalue weighted by Crippen LogP contribution is 2.17. The van der Waals surface area contributed by atoms with Gasteiger partial charge in [0.2, 0.25) is 0 Å². The molecule has 0 amide bonds. The molecular formula is C18H54B2O6Si6. The molecule has 0 heterocycles. The van der Waals surface area contributed by atoms with E-state index in [0.29, 0.717) is 0 Å². The normalized spacial score (nSPS) is 14.1. The lowest BCUT2D eigenvalue weighted by atomic mass is 10.3. The van der Waals surface area contributed by atoms with Gasteiger partial charge in [0.25, 0.3) is 0 Å².